The van der Waals surface area contributed by atoms with E-state index >= 15 is 0 Å². The van der Waals surface area contributed by atoms with E-state index in [-0.39, 0.29) is 11.3 Å². The minimum atomic E-state index is -3.36. The molecule has 0 radical (unpaired) electrons. The minimum Gasteiger partial charge on any atom is -0.389 e. The van der Waals surface area contributed by atoms with Crippen molar-refractivity contribution < 1.29 is 23.5 Å². The molecule has 0 amide bonds. The first kappa shape index (κ1) is 26.8. The Morgan fingerprint density at radius 1 is 1.16 bits per heavy atom. The summed E-state index contributed by atoms with van der Waals surface area (Å²) in [5, 5.41) is 12.5. The lowest BCUT2D eigenvalue weighted by molar-refractivity contribution is -0.118. The van der Waals surface area contributed by atoms with Crippen molar-refractivity contribution in [2.75, 3.05) is 13.2 Å². The Kier molecular flexibility index (Phi) is 7.30. The molecule has 3 saturated carbocycles. The third-order valence-electron chi connectivity index (χ3n) is 9.73. The molecule has 1 aromatic carbocycles. The smallest absolute Gasteiger partial charge is 0.361 e. The molecule has 1 N–H and O–H groups in total. The van der Waals surface area contributed by atoms with Gasteiger partial charge in [-0.25, -0.2) is 0 Å². The first-order chi connectivity index (χ1) is 17.7. The van der Waals surface area contributed by atoms with E-state index in [0.29, 0.717) is 55.4 Å². The van der Waals surface area contributed by atoms with Gasteiger partial charge in [0.25, 0.3) is 0 Å². The molecule has 200 valence electrons. The van der Waals surface area contributed by atoms with Crippen LogP contribution in [0, 0.1) is 17.3 Å². The molecule has 5 rings (SSSR count). The van der Waals surface area contributed by atoms with Crippen LogP contribution >= 0.6 is 7.60 Å². The standard InChI is InChI=1S/C31H41O5P/c1-5-17-31(33)18-16-28-26-14-10-22-19-23(32)11-15-25(22)29(26)27(20-30(28,31)4)21-8-12-24(13-9-21)37(34,35-6-2)36-7-3/h5,8-10,12-13,26-28,33H,1,6-7,11,14-20H2,2-4H3/t26-,27+,28-,30-,31-/m0/s1. The highest BCUT2D eigenvalue weighted by Crippen LogP contribution is 2.67. The molecule has 0 heterocycles. The fourth-order valence-electron chi connectivity index (χ4n) is 7.98. The summed E-state index contributed by atoms with van der Waals surface area (Å²) in [5.74, 6) is 1.24. The highest BCUT2D eigenvalue weighted by Gasteiger charge is 2.62. The zero-order valence-corrected chi connectivity index (χ0v) is 23.4. The molecule has 5 nitrogen and oxygen atoms in total. The number of hydrogen-bond donors (Lipinski definition) is 1. The Labute approximate surface area is 221 Å². The number of hydrogen-bond acceptors (Lipinski definition) is 5. The average Bonchev–Trinajstić information content (AvgIpc) is 3.14. The van der Waals surface area contributed by atoms with Crippen LogP contribution in [0.2, 0.25) is 0 Å². The van der Waals surface area contributed by atoms with Gasteiger partial charge in [-0.05, 0) is 93.1 Å². The fraction of sp³-hybridized carbons (Fsp3) is 0.581. The number of rotatable bonds is 8. The Bertz CT molecular complexity index is 1170. The van der Waals surface area contributed by atoms with Crippen molar-refractivity contribution in [2.45, 2.75) is 83.7 Å². The predicted octanol–water partition coefficient (Wildman–Crippen LogP) is 6.78. The summed E-state index contributed by atoms with van der Waals surface area (Å²) in [5.41, 5.74) is 4.27. The summed E-state index contributed by atoms with van der Waals surface area (Å²) >= 11 is 0. The Balaban J connectivity index is 1.60. The minimum absolute atomic E-state index is 0.139. The molecule has 3 fully saturated rings. The molecule has 4 aliphatic carbocycles. The highest BCUT2D eigenvalue weighted by molar-refractivity contribution is 7.62. The molecule has 0 unspecified atom stereocenters. The van der Waals surface area contributed by atoms with E-state index < -0.39 is 13.2 Å². The lowest BCUT2D eigenvalue weighted by atomic mass is 9.51. The molecule has 4 aliphatic rings. The molecule has 37 heavy (non-hydrogen) atoms. The molecule has 0 saturated heterocycles. The Morgan fingerprint density at radius 3 is 2.51 bits per heavy atom. The maximum Gasteiger partial charge on any atom is 0.361 e. The Hall–Kier alpha value is -1.78. The zero-order chi connectivity index (χ0) is 26.4. The van der Waals surface area contributed by atoms with Crippen molar-refractivity contribution in [1.29, 1.82) is 0 Å². The van der Waals surface area contributed by atoms with Crippen molar-refractivity contribution >= 4 is 18.7 Å². The normalized spacial score (nSPS) is 33.5. The topological polar surface area (TPSA) is 72.8 Å². The zero-order valence-electron chi connectivity index (χ0n) is 22.5. The number of aliphatic hydroxyl groups is 1. The average molecular weight is 525 g/mol. The van der Waals surface area contributed by atoms with Gasteiger partial charge in [0, 0.05) is 24.2 Å². The van der Waals surface area contributed by atoms with Gasteiger partial charge >= 0.3 is 7.60 Å². The quantitative estimate of drug-likeness (QED) is 0.300. The van der Waals surface area contributed by atoms with Gasteiger partial charge in [-0.15, -0.1) is 6.58 Å². The van der Waals surface area contributed by atoms with Crippen molar-refractivity contribution in [1.82, 2.24) is 0 Å². The molecule has 5 atom stereocenters. The SMILES string of the molecule is C=CC[C@]1(O)CC[C@H]2[C@@H]3CC=C4CC(=O)CCC4=C3[C@@H](c3ccc(P(=O)(OCC)OCC)cc3)C[C@@]21C. The van der Waals surface area contributed by atoms with Crippen LogP contribution in [0.5, 0.6) is 0 Å². The summed E-state index contributed by atoms with van der Waals surface area (Å²) in [6.07, 6.45) is 10.4. The number of carbonyl (C=O) groups is 1. The molecular weight excluding hydrogens is 483 g/mol. The second-order valence-electron chi connectivity index (χ2n) is 11.5. The molecule has 0 spiro atoms. The van der Waals surface area contributed by atoms with Crippen molar-refractivity contribution in [3.63, 3.8) is 0 Å². The van der Waals surface area contributed by atoms with Crippen LogP contribution in [0.3, 0.4) is 0 Å². The number of Topliss-reactive ketones (excluding diaryl/α,β-unsaturated/α-hetero) is 1. The van der Waals surface area contributed by atoms with Gasteiger partial charge in [-0.1, -0.05) is 36.8 Å². The van der Waals surface area contributed by atoms with Crippen LogP contribution in [0.15, 0.2) is 59.7 Å². The third-order valence-corrected chi connectivity index (χ3v) is 11.9. The van der Waals surface area contributed by atoms with Crippen LogP contribution in [-0.4, -0.2) is 29.7 Å². The van der Waals surface area contributed by atoms with Gasteiger partial charge in [0.2, 0.25) is 0 Å². The molecular formula is C31H41O5P. The van der Waals surface area contributed by atoms with Crippen LogP contribution in [0.4, 0.5) is 0 Å². The van der Waals surface area contributed by atoms with Crippen LogP contribution in [-0.2, 0) is 18.4 Å². The van der Waals surface area contributed by atoms with E-state index in [1.54, 1.807) is 0 Å². The summed E-state index contributed by atoms with van der Waals surface area (Å²) < 4.78 is 24.5. The van der Waals surface area contributed by atoms with Gasteiger partial charge in [0.1, 0.15) is 5.78 Å². The summed E-state index contributed by atoms with van der Waals surface area (Å²) in [6, 6.07) is 7.94. The third kappa shape index (κ3) is 4.36. The lowest BCUT2D eigenvalue weighted by Crippen LogP contribution is -2.51. The Morgan fingerprint density at radius 2 is 1.86 bits per heavy atom. The number of ketones is 1. The second kappa shape index (κ2) is 10.1. The summed E-state index contributed by atoms with van der Waals surface area (Å²) in [7, 11) is -3.36. The number of carbonyl (C=O) groups excluding carboxylic acids is 1. The van der Waals surface area contributed by atoms with E-state index in [4.69, 9.17) is 9.05 Å². The van der Waals surface area contributed by atoms with Crippen LogP contribution in [0.1, 0.15) is 83.6 Å². The van der Waals surface area contributed by atoms with Gasteiger partial charge in [-0.3, -0.25) is 9.36 Å². The van der Waals surface area contributed by atoms with E-state index in [0.717, 1.165) is 32.1 Å². The first-order valence-corrected chi connectivity index (χ1v) is 15.5. The predicted molar refractivity (Wildman–Crippen MR) is 147 cm³/mol. The molecule has 0 aromatic heterocycles. The number of fused-ring (bicyclic) bond motifs is 4. The van der Waals surface area contributed by atoms with E-state index in [1.807, 2.05) is 32.1 Å². The maximum absolute atomic E-state index is 13.4. The maximum atomic E-state index is 13.4. The van der Waals surface area contributed by atoms with Crippen molar-refractivity contribution in [3.8, 4) is 0 Å². The monoisotopic (exact) mass is 524 g/mol. The second-order valence-corrected chi connectivity index (χ2v) is 13.5. The van der Waals surface area contributed by atoms with Gasteiger partial charge in [0.05, 0.1) is 24.1 Å². The van der Waals surface area contributed by atoms with Crippen molar-refractivity contribution in [3.05, 3.63) is 65.3 Å². The largest absolute Gasteiger partial charge is 0.389 e. The molecule has 0 aliphatic heterocycles. The molecule has 0 bridgehead atoms. The van der Waals surface area contributed by atoms with Crippen LogP contribution < -0.4 is 5.30 Å². The highest BCUT2D eigenvalue weighted by atomic mass is 31.2. The van der Waals surface area contributed by atoms with Gasteiger partial charge in [-0.2, -0.15) is 0 Å². The van der Waals surface area contributed by atoms with E-state index in [2.05, 4.69) is 31.7 Å². The fourth-order valence-corrected chi connectivity index (χ4v) is 9.54. The van der Waals surface area contributed by atoms with E-state index in [1.165, 1.54) is 22.3 Å². The van der Waals surface area contributed by atoms with Gasteiger partial charge < -0.3 is 14.2 Å². The van der Waals surface area contributed by atoms with Crippen LogP contribution in [0.25, 0.3) is 0 Å². The molecule has 1 aromatic rings. The van der Waals surface area contributed by atoms with E-state index in [9.17, 15) is 14.5 Å². The van der Waals surface area contributed by atoms with Crippen molar-refractivity contribution in [2.24, 2.45) is 17.3 Å². The van der Waals surface area contributed by atoms with Gasteiger partial charge in [0.15, 0.2) is 0 Å². The first-order valence-electron chi connectivity index (χ1n) is 14.0. The lowest BCUT2D eigenvalue weighted by Gasteiger charge is -2.54. The number of allylic oxidation sites excluding steroid dienone is 4. The summed E-state index contributed by atoms with van der Waals surface area (Å²) in [4.78, 5) is 12.3. The summed E-state index contributed by atoms with van der Waals surface area (Å²) in [6.45, 7) is 10.5. The number of benzene rings is 1. The molecule has 6 heteroatoms.